The van der Waals surface area contributed by atoms with Crippen LogP contribution in [0, 0.1) is 5.92 Å². The van der Waals surface area contributed by atoms with Crippen LogP contribution in [0.4, 0.5) is 0 Å². The summed E-state index contributed by atoms with van der Waals surface area (Å²) in [5.41, 5.74) is 2.82. The Balaban J connectivity index is 2.64. The number of aliphatic carboxylic acids is 1. The van der Waals surface area contributed by atoms with Gasteiger partial charge in [0, 0.05) is 12.6 Å². The third kappa shape index (κ3) is 2.85. The average Bonchev–Trinajstić information content (AvgIpc) is 2.75. The fraction of sp³-hybridized carbons (Fsp3) is 0.769. The molecule has 1 rings (SSSR count). The quantitative estimate of drug-likeness (QED) is 0.747. The van der Waals surface area contributed by atoms with Crippen molar-refractivity contribution in [3.8, 4) is 0 Å². The number of rotatable bonds is 4. The minimum absolute atomic E-state index is 0.169. The van der Waals surface area contributed by atoms with Gasteiger partial charge in [-0.05, 0) is 40.2 Å². The molecule has 92 valence electrons. The predicted molar refractivity (Wildman–Crippen MR) is 65.4 cm³/mol. The Labute approximate surface area is 98.1 Å². The highest BCUT2D eigenvalue weighted by atomic mass is 16.4. The SMILES string of the molecule is CC/C(C)=C(\C)C(C)N1CC[C@@H](C(=O)O)C1. The molecule has 3 nitrogen and oxygen atoms in total. The topological polar surface area (TPSA) is 40.5 Å². The molecule has 1 aliphatic heterocycles. The van der Waals surface area contributed by atoms with Crippen LogP contribution in [0.2, 0.25) is 0 Å². The first kappa shape index (κ1) is 13.2. The second-order valence-electron chi connectivity index (χ2n) is 4.81. The van der Waals surface area contributed by atoms with E-state index in [0.717, 1.165) is 19.4 Å². The van der Waals surface area contributed by atoms with Crippen LogP contribution < -0.4 is 0 Å². The Morgan fingerprint density at radius 1 is 1.50 bits per heavy atom. The number of hydrogen-bond acceptors (Lipinski definition) is 2. The molecule has 1 unspecified atom stereocenters. The highest BCUT2D eigenvalue weighted by Gasteiger charge is 2.31. The summed E-state index contributed by atoms with van der Waals surface area (Å²) in [6.45, 7) is 10.3. The van der Waals surface area contributed by atoms with E-state index in [2.05, 4.69) is 32.6 Å². The third-order valence-corrected chi connectivity index (χ3v) is 3.95. The second kappa shape index (κ2) is 5.48. The van der Waals surface area contributed by atoms with Crippen LogP contribution in [0.15, 0.2) is 11.1 Å². The predicted octanol–water partition coefficient (Wildman–Crippen LogP) is 2.53. The number of carboxylic acids is 1. The lowest BCUT2D eigenvalue weighted by molar-refractivity contribution is -0.141. The summed E-state index contributed by atoms with van der Waals surface area (Å²) >= 11 is 0. The highest BCUT2D eigenvalue weighted by Crippen LogP contribution is 2.23. The van der Waals surface area contributed by atoms with Crippen LogP contribution in [-0.4, -0.2) is 35.1 Å². The van der Waals surface area contributed by atoms with Crippen LogP contribution >= 0.6 is 0 Å². The van der Waals surface area contributed by atoms with Crippen molar-refractivity contribution in [2.45, 2.75) is 46.6 Å². The minimum Gasteiger partial charge on any atom is -0.481 e. The molecule has 2 atom stereocenters. The monoisotopic (exact) mass is 225 g/mol. The third-order valence-electron chi connectivity index (χ3n) is 3.95. The molecule has 1 fully saturated rings. The summed E-state index contributed by atoms with van der Waals surface area (Å²) in [7, 11) is 0. The van der Waals surface area contributed by atoms with Crippen LogP contribution in [0.5, 0.6) is 0 Å². The largest absolute Gasteiger partial charge is 0.481 e. The normalized spacial score (nSPS) is 25.4. The van der Waals surface area contributed by atoms with Gasteiger partial charge < -0.3 is 5.11 Å². The Kier molecular flexibility index (Phi) is 4.54. The van der Waals surface area contributed by atoms with Crippen LogP contribution in [0.25, 0.3) is 0 Å². The smallest absolute Gasteiger partial charge is 0.307 e. The molecule has 1 heterocycles. The summed E-state index contributed by atoms with van der Waals surface area (Å²) in [6.07, 6.45) is 1.87. The number of nitrogens with zero attached hydrogens (tertiary/aromatic N) is 1. The molecule has 3 heteroatoms. The molecule has 0 aromatic rings. The molecule has 0 aromatic carbocycles. The number of allylic oxidation sites excluding steroid dienone is 1. The van der Waals surface area contributed by atoms with Crippen LogP contribution in [0.1, 0.15) is 40.5 Å². The van der Waals surface area contributed by atoms with E-state index >= 15 is 0 Å². The van der Waals surface area contributed by atoms with Gasteiger partial charge in [0.15, 0.2) is 0 Å². The van der Waals surface area contributed by atoms with E-state index in [0.29, 0.717) is 12.6 Å². The lowest BCUT2D eigenvalue weighted by Gasteiger charge is -2.26. The molecule has 0 saturated carbocycles. The summed E-state index contributed by atoms with van der Waals surface area (Å²) in [5.74, 6) is -0.819. The van der Waals surface area contributed by atoms with Gasteiger partial charge in [-0.3, -0.25) is 9.69 Å². The zero-order valence-electron chi connectivity index (χ0n) is 10.8. The van der Waals surface area contributed by atoms with E-state index in [4.69, 9.17) is 5.11 Å². The van der Waals surface area contributed by atoms with Crippen molar-refractivity contribution >= 4 is 5.97 Å². The molecule has 0 radical (unpaired) electrons. The maximum absolute atomic E-state index is 10.9. The molecular formula is C13H23NO2. The fourth-order valence-electron chi connectivity index (χ4n) is 2.25. The van der Waals surface area contributed by atoms with Gasteiger partial charge in [-0.2, -0.15) is 0 Å². The summed E-state index contributed by atoms with van der Waals surface area (Å²) in [6, 6.07) is 0.379. The molecule has 0 aliphatic carbocycles. The number of carbonyl (C=O) groups is 1. The molecule has 1 N–H and O–H groups in total. The fourth-order valence-corrected chi connectivity index (χ4v) is 2.25. The van der Waals surface area contributed by atoms with Gasteiger partial charge in [0.1, 0.15) is 0 Å². The first-order valence-electron chi connectivity index (χ1n) is 6.10. The van der Waals surface area contributed by atoms with E-state index in [1.165, 1.54) is 11.1 Å². The van der Waals surface area contributed by atoms with E-state index in [1.807, 2.05) is 0 Å². The molecule has 16 heavy (non-hydrogen) atoms. The van der Waals surface area contributed by atoms with Crippen molar-refractivity contribution in [2.75, 3.05) is 13.1 Å². The summed E-state index contributed by atoms with van der Waals surface area (Å²) < 4.78 is 0. The zero-order chi connectivity index (χ0) is 12.3. The van der Waals surface area contributed by atoms with Crippen LogP contribution in [-0.2, 0) is 4.79 Å². The van der Waals surface area contributed by atoms with Crippen molar-refractivity contribution in [1.29, 1.82) is 0 Å². The lowest BCUT2D eigenvalue weighted by atomic mass is 10.0. The van der Waals surface area contributed by atoms with Gasteiger partial charge in [0.25, 0.3) is 0 Å². The van der Waals surface area contributed by atoms with Crippen molar-refractivity contribution in [3.05, 3.63) is 11.1 Å². The minimum atomic E-state index is -0.649. The highest BCUT2D eigenvalue weighted by molar-refractivity contribution is 5.70. The second-order valence-corrected chi connectivity index (χ2v) is 4.81. The van der Waals surface area contributed by atoms with Gasteiger partial charge in [-0.1, -0.05) is 18.1 Å². The summed E-state index contributed by atoms with van der Waals surface area (Å²) in [4.78, 5) is 13.2. The van der Waals surface area contributed by atoms with Crippen molar-refractivity contribution < 1.29 is 9.90 Å². The van der Waals surface area contributed by atoms with Crippen molar-refractivity contribution in [2.24, 2.45) is 5.92 Å². The van der Waals surface area contributed by atoms with Gasteiger partial charge in [0.05, 0.1) is 5.92 Å². The molecule has 0 amide bonds. The van der Waals surface area contributed by atoms with Gasteiger partial charge in [-0.25, -0.2) is 0 Å². The molecule has 0 spiro atoms. The first-order valence-corrected chi connectivity index (χ1v) is 6.10. The molecule has 1 saturated heterocycles. The Morgan fingerprint density at radius 2 is 2.12 bits per heavy atom. The first-order chi connectivity index (χ1) is 7.47. The summed E-state index contributed by atoms with van der Waals surface area (Å²) in [5, 5.41) is 8.97. The Bertz CT molecular complexity index is 296. The Morgan fingerprint density at radius 3 is 2.56 bits per heavy atom. The average molecular weight is 225 g/mol. The molecule has 0 bridgehead atoms. The standard InChI is InChI=1S/C13H23NO2/c1-5-9(2)10(3)11(4)14-7-6-12(8-14)13(15)16/h11-12H,5-8H2,1-4H3,(H,15,16)/b10-9+/t11?,12-/m1/s1. The number of carboxylic acid groups (broad SMARTS) is 1. The van der Waals surface area contributed by atoms with Crippen molar-refractivity contribution in [3.63, 3.8) is 0 Å². The maximum Gasteiger partial charge on any atom is 0.307 e. The number of likely N-dealkylation sites (tertiary alicyclic amines) is 1. The van der Waals surface area contributed by atoms with E-state index in [9.17, 15) is 4.79 Å². The zero-order valence-corrected chi connectivity index (χ0v) is 10.8. The molecule has 1 aliphatic rings. The molecular weight excluding hydrogens is 202 g/mol. The van der Waals surface area contributed by atoms with Crippen LogP contribution in [0.3, 0.4) is 0 Å². The lowest BCUT2D eigenvalue weighted by Crippen LogP contribution is -2.33. The molecule has 0 aromatic heterocycles. The number of hydrogen-bond donors (Lipinski definition) is 1. The van der Waals surface area contributed by atoms with E-state index in [1.54, 1.807) is 0 Å². The van der Waals surface area contributed by atoms with E-state index in [-0.39, 0.29) is 5.92 Å². The van der Waals surface area contributed by atoms with Gasteiger partial charge in [-0.15, -0.1) is 0 Å². The van der Waals surface area contributed by atoms with Gasteiger partial charge in [0.2, 0.25) is 0 Å². The Hall–Kier alpha value is -0.830. The maximum atomic E-state index is 10.9. The van der Waals surface area contributed by atoms with Crippen molar-refractivity contribution in [1.82, 2.24) is 4.90 Å². The van der Waals surface area contributed by atoms with Gasteiger partial charge >= 0.3 is 5.97 Å². The van der Waals surface area contributed by atoms with E-state index < -0.39 is 5.97 Å².